The second-order valence-corrected chi connectivity index (χ2v) is 4.63. The number of aromatic nitrogens is 3. The zero-order valence-corrected chi connectivity index (χ0v) is 11.1. The molecule has 0 radical (unpaired) electrons. The second-order valence-electron chi connectivity index (χ2n) is 4.22. The Kier molecular flexibility index (Phi) is 2.96. The number of pyridine rings is 1. The Morgan fingerprint density at radius 1 is 1.33 bits per heavy atom. The zero-order valence-electron chi connectivity index (χ0n) is 10.3. The van der Waals surface area contributed by atoms with E-state index >= 15 is 0 Å². The third kappa shape index (κ3) is 2.06. The first-order valence-electron chi connectivity index (χ1n) is 5.70. The van der Waals surface area contributed by atoms with Gasteiger partial charge >= 0.3 is 0 Å². The minimum Gasteiger partial charge on any atom is -0.383 e. The van der Waals surface area contributed by atoms with Gasteiger partial charge in [-0.15, -0.1) is 0 Å². The van der Waals surface area contributed by atoms with Gasteiger partial charge in [0.05, 0.1) is 22.2 Å². The van der Waals surface area contributed by atoms with Gasteiger partial charge in [0.2, 0.25) is 0 Å². The average Bonchev–Trinajstić information content (AvgIpc) is 2.88. The van der Waals surface area contributed by atoms with Crippen molar-refractivity contribution >= 4 is 28.3 Å². The predicted octanol–water partition coefficient (Wildman–Crippen LogP) is 2.81. The summed E-state index contributed by atoms with van der Waals surface area (Å²) in [6.45, 7) is 0. The van der Waals surface area contributed by atoms with E-state index in [2.05, 4.69) is 10.1 Å². The van der Waals surface area contributed by atoms with Gasteiger partial charge < -0.3 is 5.73 Å². The summed E-state index contributed by atoms with van der Waals surface area (Å²) >= 11 is 5.96. The minimum atomic E-state index is -0.658. The lowest BCUT2D eigenvalue weighted by molar-refractivity contribution is 0.625. The van der Waals surface area contributed by atoms with Gasteiger partial charge in [0.1, 0.15) is 28.9 Å². The van der Waals surface area contributed by atoms with Gasteiger partial charge in [-0.05, 0) is 12.1 Å². The molecule has 21 heavy (non-hydrogen) atoms. The van der Waals surface area contributed by atoms with E-state index in [0.717, 1.165) is 18.3 Å². The minimum absolute atomic E-state index is 0.00761. The van der Waals surface area contributed by atoms with Crippen LogP contribution in [0.4, 0.5) is 14.6 Å². The molecule has 2 aromatic heterocycles. The molecule has 3 aromatic rings. The molecular weight excluding hydrogens is 300 g/mol. The Hall–Kier alpha value is -2.72. The summed E-state index contributed by atoms with van der Waals surface area (Å²) in [6.07, 6.45) is 2.34. The molecule has 1 aromatic carbocycles. The van der Waals surface area contributed by atoms with Crippen molar-refractivity contribution < 1.29 is 8.78 Å². The quantitative estimate of drug-likeness (QED) is 0.749. The van der Waals surface area contributed by atoms with Crippen molar-refractivity contribution in [3.8, 4) is 11.8 Å². The average molecular weight is 306 g/mol. The third-order valence-corrected chi connectivity index (χ3v) is 3.20. The third-order valence-electron chi connectivity index (χ3n) is 2.91. The molecule has 0 fully saturated rings. The Bertz CT molecular complexity index is 874. The number of benzene rings is 1. The van der Waals surface area contributed by atoms with Gasteiger partial charge in [-0.25, -0.2) is 18.4 Å². The van der Waals surface area contributed by atoms with Crippen LogP contribution in [0.25, 0.3) is 16.6 Å². The first kappa shape index (κ1) is 13.3. The molecule has 0 bridgehead atoms. The van der Waals surface area contributed by atoms with Crippen LogP contribution in [-0.4, -0.2) is 14.8 Å². The number of nitrogens with two attached hydrogens (primary N) is 1. The first-order chi connectivity index (χ1) is 10.0. The predicted molar refractivity (Wildman–Crippen MR) is 72.9 cm³/mol. The highest BCUT2D eigenvalue weighted by Gasteiger charge is 2.16. The molecule has 5 nitrogen and oxygen atoms in total. The molecule has 8 heteroatoms. The van der Waals surface area contributed by atoms with E-state index in [4.69, 9.17) is 22.6 Å². The van der Waals surface area contributed by atoms with E-state index in [1.54, 1.807) is 0 Å². The normalized spacial score (nSPS) is 10.8. The summed E-state index contributed by atoms with van der Waals surface area (Å²) in [6, 6.07) is 3.89. The molecule has 0 unspecified atom stereocenters. The molecule has 2 N–H and O–H groups in total. The van der Waals surface area contributed by atoms with Crippen molar-refractivity contribution in [3.05, 3.63) is 46.7 Å². The van der Waals surface area contributed by atoms with E-state index in [1.807, 2.05) is 6.07 Å². The lowest BCUT2D eigenvalue weighted by atomic mass is 10.2. The first-order valence-corrected chi connectivity index (χ1v) is 6.08. The number of nitrogens with zero attached hydrogens (tertiary/aromatic N) is 4. The summed E-state index contributed by atoms with van der Waals surface area (Å²) in [7, 11) is 0. The number of nitriles is 1. The standard InChI is InChI=1S/C13H6ClF2N5/c14-9-2-7(15)1-6(3-17)12(9)21-5-8-11(20-21)10(16)4-19-13(8)18/h1-2,4-5H,(H2,18,19). The van der Waals surface area contributed by atoms with Crippen molar-refractivity contribution in [1.82, 2.24) is 14.8 Å². The van der Waals surface area contributed by atoms with E-state index in [9.17, 15) is 8.78 Å². The summed E-state index contributed by atoms with van der Waals surface area (Å²) < 4.78 is 28.2. The molecule has 104 valence electrons. The van der Waals surface area contributed by atoms with Crippen LogP contribution >= 0.6 is 11.6 Å². The fourth-order valence-corrected chi connectivity index (χ4v) is 2.29. The topological polar surface area (TPSA) is 80.5 Å². The number of rotatable bonds is 1. The zero-order chi connectivity index (χ0) is 15.1. The maximum absolute atomic E-state index is 13.7. The van der Waals surface area contributed by atoms with E-state index in [1.165, 1.54) is 10.9 Å². The van der Waals surface area contributed by atoms with Crippen LogP contribution in [0.15, 0.2) is 24.5 Å². The van der Waals surface area contributed by atoms with Crippen LogP contribution < -0.4 is 5.73 Å². The highest BCUT2D eigenvalue weighted by molar-refractivity contribution is 6.32. The van der Waals surface area contributed by atoms with Gasteiger partial charge in [-0.1, -0.05) is 11.6 Å². The summed E-state index contributed by atoms with van der Waals surface area (Å²) in [4.78, 5) is 3.68. The van der Waals surface area contributed by atoms with E-state index < -0.39 is 11.6 Å². The van der Waals surface area contributed by atoms with Crippen molar-refractivity contribution in [3.63, 3.8) is 0 Å². The van der Waals surface area contributed by atoms with Crippen LogP contribution in [0.3, 0.4) is 0 Å². The number of halogens is 3. The van der Waals surface area contributed by atoms with E-state index in [0.29, 0.717) is 0 Å². The lowest BCUT2D eigenvalue weighted by Crippen LogP contribution is -2.00. The summed E-state index contributed by atoms with van der Waals surface area (Å²) in [5, 5.41) is 13.3. The molecule has 0 amide bonds. The molecule has 0 atom stereocenters. The smallest absolute Gasteiger partial charge is 0.169 e. The molecule has 0 saturated carbocycles. The fraction of sp³-hybridized carbons (Fsp3) is 0. The Balaban J connectivity index is 2.34. The van der Waals surface area contributed by atoms with Crippen LogP contribution in [0.5, 0.6) is 0 Å². The molecule has 0 aliphatic heterocycles. The molecule has 0 saturated heterocycles. The van der Waals surface area contributed by atoms with Crippen molar-refractivity contribution in [1.29, 1.82) is 5.26 Å². The van der Waals surface area contributed by atoms with Crippen molar-refractivity contribution in [2.75, 3.05) is 5.73 Å². The van der Waals surface area contributed by atoms with Gasteiger partial charge in [0, 0.05) is 6.20 Å². The molecule has 0 spiro atoms. The van der Waals surface area contributed by atoms with Crippen molar-refractivity contribution in [2.45, 2.75) is 0 Å². The van der Waals surface area contributed by atoms with Gasteiger partial charge in [-0.2, -0.15) is 10.4 Å². The molecule has 3 rings (SSSR count). The Labute approximate surface area is 122 Å². The maximum atomic E-state index is 13.7. The van der Waals surface area contributed by atoms with Gasteiger partial charge in [-0.3, -0.25) is 0 Å². The molecule has 0 aliphatic carbocycles. The number of nitrogen functional groups attached to an aromatic ring is 1. The summed E-state index contributed by atoms with van der Waals surface area (Å²) in [5.41, 5.74) is 5.77. The monoisotopic (exact) mass is 305 g/mol. The molecule has 0 aliphatic rings. The number of anilines is 1. The molecule has 2 heterocycles. The van der Waals surface area contributed by atoms with Crippen LogP contribution in [0.2, 0.25) is 5.02 Å². The SMILES string of the molecule is N#Cc1cc(F)cc(Cl)c1-n1cc2c(N)ncc(F)c2n1. The fourth-order valence-electron chi connectivity index (χ4n) is 1.99. The van der Waals surface area contributed by atoms with Crippen molar-refractivity contribution in [2.24, 2.45) is 0 Å². The number of hydrogen-bond donors (Lipinski definition) is 1. The van der Waals surface area contributed by atoms with E-state index in [-0.39, 0.29) is 33.0 Å². The summed E-state index contributed by atoms with van der Waals surface area (Å²) in [5.74, 6) is -1.21. The Morgan fingerprint density at radius 2 is 2.10 bits per heavy atom. The second kappa shape index (κ2) is 4.68. The largest absolute Gasteiger partial charge is 0.383 e. The van der Waals surface area contributed by atoms with Crippen LogP contribution in [0.1, 0.15) is 5.56 Å². The van der Waals surface area contributed by atoms with Crippen LogP contribution in [-0.2, 0) is 0 Å². The Morgan fingerprint density at radius 3 is 2.76 bits per heavy atom. The number of hydrogen-bond acceptors (Lipinski definition) is 4. The maximum Gasteiger partial charge on any atom is 0.169 e. The lowest BCUT2D eigenvalue weighted by Gasteiger charge is -2.06. The highest BCUT2D eigenvalue weighted by Crippen LogP contribution is 2.28. The molecular formula is C13H6ClF2N5. The number of fused-ring (bicyclic) bond motifs is 1. The van der Waals surface area contributed by atoms with Gasteiger partial charge in [0.25, 0.3) is 0 Å². The van der Waals surface area contributed by atoms with Crippen LogP contribution in [0, 0.1) is 23.0 Å². The van der Waals surface area contributed by atoms with Gasteiger partial charge in [0.15, 0.2) is 5.82 Å². The highest BCUT2D eigenvalue weighted by atomic mass is 35.5.